The number of aromatic hydroxyl groups is 1. The second-order valence-electron chi connectivity index (χ2n) is 10.3. The minimum absolute atomic E-state index is 0.0776. The van der Waals surface area contributed by atoms with Crippen LogP contribution in [0.4, 0.5) is 27.6 Å². The molecule has 0 unspecified atom stereocenters. The number of fused-ring (bicyclic) bond motifs is 4. The van der Waals surface area contributed by atoms with Crippen LogP contribution in [0.2, 0.25) is 0 Å². The molecule has 42 heavy (non-hydrogen) atoms. The fourth-order valence-corrected chi connectivity index (χ4v) is 7.10. The molecule has 16 heteroatoms. The first-order valence-corrected chi connectivity index (χ1v) is 13.0. The van der Waals surface area contributed by atoms with Crippen LogP contribution >= 0.6 is 23.2 Å². The van der Waals surface area contributed by atoms with E-state index in [1.807, 2.05) is 0 Å². The summed E-state index contributed by atoms with van der Waals surface area (Å²) in [4.78, 5) is 48.2. The molecule has 0 bridgehead atoms. The highest BCUT2D eigenvalue weighted by Crippen LogP contribution is 2.65. The van der Waals surface area contributed by atoms with E-state index in [9.17, 15) is 46.2 Å². The Labute approximate surface area is 241 Å². The van der Waals surface area contributed by atoms with Gasteiger partial charge in [-0.05, 0) is 18.1 Å². The van der Waals surface area contributed by atoms with Crippen LogP contribution in [0.5, 0.6) is 5.75 Å². The van der Waals surface area contributed by atoms with Gasteiger partial charge in [0.15, 0.2) is 33.0 Å². The van der Waals surface area contributed by atoms with E-state index in [4.69, 9.17) is 23.2 Å². The molecule has 2 fully saturated rings. The number of imide groups is 1. The number of phenols is 1. The van der Waals surface area contributed by atoms with Crippen molar-refractivity contribution in [3.05, 3.63) is 91.0 Å². The number of phenolic OH excluding ortho intramolecular Hbond substituents is 1. The number of hydrogen-bond acceptors (Lipinski definition) is 5. The van der Waals surface area contributed by atoms with Crippen LogP contribution in [0.3, 0.4) is 0 Å². The summed E-state index contributed by atoms with van der Waals surface area (Å²) in [6.45, 7) is 1.29. The smallest absolute Gasteiger partial charge is 0.347 e. The van der Waals surface area contributed by atoms with Gasteiger partial charge in [-0.1, -0.05) is 24.3 Å². The maximum atomic E-state index is 15.0. The summed E-state index contributed by atoms with van der Waals surface area (Å²) < 4.78 is 75.0. The van der Waals surface area contributed by atoms with Crippen LogP contribution < -0.4 is 16.3 Å². The third-order valence-corrected chi connectivity index (χ3v) is 9.67. The molecule has 0 spiro atoms. The van der Waals surface area contributed by atoms with E-state index in [1.54, 1.807) is 0 Å². The van der Waals surface area contributed by atoms with E-state index in [0.717, 1.165) is 13.9 Å². The number of anilines is 1. The first-order chi connectivity index (χ1) is 19.6. The van der Waals surface area contributed by atoms with Crippen molar-refractivity contribution in [3.63, 3.8) is 0 Å². The minimum Gasteiger partial charge on any atom is -0.507 e. The quantitative estimate of drug-likeness (QED) is 0.117. The highest BCUT2D eigenvalue weighted by Gasteiger charge is 2.76. The summed E-state index contributed by atoms with van der Waals surface area (Å²) in [5, 5.41) is 11.1. The molecule has 3 aromatic rings. The molecule has 0 radical (unpaired) electrons. The highest BCUT2D eigenvalue weighted by molar-refractivity contribution is 6.58. The van der Waals surface area contributed by atoms with Gasteiger partial charge in [0, 0.05) is 24.9 Å². The molecule has 3 aliphatic rings. The molecule has 2 amide bonds. The molecule has 6 rings (SSSR count). The predicted molar refractivity (Wildman–Crippen MR) is 137 cm³/mol. The number of allylic oxidation sites excluding steroid dienone is 2. The Kier molecular flexibility index (Phi) is 5.91. The molecule has 1 N–H and O–H groups in total. The number of aromatic nitrogens is 3. The largest absolute Gasteiger partial charge is 0.507 e. The molecule has 2 aliphatic heterocycles. The number of carbonyl (C=O) groups excluding carboxylic acids is 2. The van der Waals surface area contributed by atoms with Crippen molar-refractivity contribution in [3.8, 4) is 5.75 Å². The number of carbonyl (C=O) groups is 2. The van der Waals surface area contributed by atoms with Gasteiger partial charge in [0.1, 0.15) is 11.4 Å². The van der Waals surface area contributed by atoms with Crippen molar-refractivity contribution in [2.24, 2.45) is 7.05 Å². The fourth-order valence-electron chi connectivity index (χ4n) is 6.20. The highest BCUT2D eigenvalue weighted by atomic mass is 35.5. The average Bonchev–Trinajstić information content (AvgIpc) is 3.26. The van der Waals surface area contributed by atoms with Crippen molar-refractivity contribution < 1.29 is 36.6 Å². The summed E-state index contributed by atoms with van der Waals surface area (Å²) in [6.07, 6.45) is 0.726. The second-order valence-corrected chi connectivity index (χ2v) is 11.5. The van der Waals surface area contributed by atoms with Gasteiger partial charge in [0.25, 0.3) is 11.8 Å². The van der Waals surface area contributed by atoms with Gasteiger partial charge in [-0.15, -0.1) is 23.2 Å². The second kappa shape index (κ2) is 8.80. The number of amides is 2. The number of para-hydroxylation sites is 1. The van der Waals surface area contributed by atoms with Gasteiger partial charge in [-0.3, -0.25) is 9.59 Å². The molecular weight excluding hydrogens is 614 g/mol. The van der Waals surface area contributed by atoms with E-state index < -0.39 is 91.8 Å². The van der Waals surface area contributed by atoms with Gasteiger partial charge >= 0.3 is 11.4 Å². The molecule has 3 heterocycles. The third-order valence-electron chi connectivity index (χ3n) is 8.26. The number of halogens is 7. The zero-order valence-electron chi connectivity index (χ0n) is 21.4. The Morgan fingerprint density at radius 3 is 2.12 bits per heavy atom. The Balaban J connectivity index is 1.68. The van der Waals surface area contributed by atoms with Crippen LogP contribution in [0.15, 0.2) is 39.4 Å². The van der Waals surface area contributed by atoms with Crippen molar-refractivity contribution >= 4 is 40.7 Å². The number of aryl methyl sites for hydroxylation is 1. The minimum atomic E-state index is -2.72. The van der Waals surface area contributed by atoms with Gasteiger partial charge < -0.3 is 5.11 Å². The standard InChI is InChI=1S/C26H17Cl2F5N4O5/c1-9-4-3-5-11(20(9)38)13-10-6-7-35-23(41)34(2)24(42)37(35)12(10)8-25(27)21(39)36(22(40)26(13,25)28)19-17(32)15(30)14(29)16(31)18(19)33/h3-6,12-13,38H,7-8H2,1-2H3/t12-,13-,25-,26+/m1/s1. The zero-order valence-corrected chi connectivity index (χ0v) is 22.9. The van der Waals surface area contributed by atoms with Crippen molar-refractivity contribution in [1.82, 2.24) is 13.9 Å². The lowest BCUT2D eigenvalue weighted by Crippen LogP contribution is -2.59. The van der Waals surface area contributed by atoms with Gasteiger partial charge in [0.05, 0.1) is 12.6 Å². The van der Waals surface area contributed by atoms with Crippen molar-refractivity contribution in [2.45, 2.75) is 41.6 Å². The van der Waals surface area contributed by atoms with Gasteiger partial charge in [-0.2, -0.15) is 0 Å². The molecule has 4 atom stereocenters. The molecule has 1 saturated carbocycles. The topological polar surface area (TPSA) is 107 Å². The average molecular weight is 631 g/mol. The number of rotatable bonds is 2. The summed E-state index contributed by atoms with van der Waals surface area (Å²) in [5.74, 6) is -17.6. The predicted octanol–water partition coefficient (Wildman–Crippen LogP) is 3.26. The third kappa shape index (κ3) is 3.13. The molecule has 2 aromatic carbocycles. The molecule has 220 valence electrons. The van der Waals surface area contributed by atoms with E-state index in [1.165, 1.54) is 38.2 Å². The van der Waals surface area contributed by atoms with Crippen LogP contribution in [0.1, 0.15) is 29.5 Å². The lowest BCUT2D eigenvalue weighted by molar-refractivity contribution is -0.122. The van der Waals surface area contributed by atoms with Crippen molar-refractivity contribution in [2.75, 3.05) is 4.90 Å². The Bertz CT molecular complexity index is 1910. The van der Waals surface area contributed by atoms with Gasteiger partial charge in [0.2, 0.25) is 5.82 Å². The Morgan fingerprint density at radius 2 is 1.50 bits per heavy atom. The van der Waals surface area contributed by atoms with Crippen LogP contribution in [0, 0.1) is 36.0 Å². The SMILES string of the molecule is Cc1cccc([C@H]2C3=CCn4c(=O)n(C)c(=O)n4[C@@H]3C[C@@]3(Cl)C(=O)N(c4c(F)c(F)c(F)c(F)c4F)C(=O)[C@@]23Cl)c1O. The molecule has 1 aromatic heterocycles. The first kappa shape index (κ1) is 28.2. The molecule has 1 aliphatic carbocycles. The number of benzene rings is 2. The monoisotopic (exact) mass is 630 g/mol. The van der Waals surface area contributed by atoms with E-state index in [2.05, 4.69) is 0 Å². The van der Waals surface area contributed by atoms with E-state index in [0.29, 0.717) is 0 Å². The lowest BCUT2D eigenvalue weighted by atomic mass is 9.64. The Morgan fingerprint density at radius 1 is 0.905 bits per heavy atom. The maximum Gasteiger partial charge on any atom is 0.347 e. The normalized spacial score (nSPS) is 26.7. The first-order valence-electron chi connectivity index (χ1n) is 12.3. The number of hydrogen-bond donors (Lipinski definition) is 1. The zero-order chi connectivity index (χ0) is 30.8. The van der Waals surface area contributed by atoms with Gasteiger partial charge in [-0.25, -0.2) is 50.4 Å². The van der Waals surface area contributed by atoms with E-state index in [-0.39, 0.29) is 28.1 Å². The van der Waals surface area contributed by atoms with Crippen LogP contribution in [-0.2, 0) is 23.2 Å². The Hall–Kier alpha value is -3.91. The van der Waals surface area contributed by atoms with Crippen LogP contribution in [-0.4, -0.2) is 40.6 Å². The lowest BCUT2D eigenvalue weighted by Gasteiger charge is -2.49. The number of nitrogens with zero attached hydrogens (tertiary/aromatic N) is 4. The number of alkyl halides is 2. The summed E-state index contributed by atoms with van der Waals surface area (Å²) in [6, 6.07) is 3.06. The maximum absolute atomic E-state index is 15.0. The summed E-state index contributed by atoms with van der Waals surface area (Å²) >= 11 is 13.9. The van der Waals surface area contributed by atoms with Crippen molar-refractivity contribution in [1.29, 1.82) is 0 Å². The van der Waals surface area contributed by atoms with Crippen LogP contribution in [0.25, 0.3) is 0 Å². The van der Waals surface area contributed by atoms with E-state index >= 15 is 0 Å². The summed E-state index contributed by atoms with van der Waals surface area (Å²) in [7, 11) is 1.20. The summed E-state index contributed by atoms with van der Waals surface area (Å²) in [5.41, 5.74) is -3.09. The fraction of sp³-hybridized carbons (Fsp3) is 0.308. The molecule has 1 saturated heterocycles. The molecule has 9 nitrogen and oxygen atoms in total. The molecular formula is C26H17Cl2F5N4O5.